The fourth-order valence-electron chi connectivity index (χ4n) is 2.95. The molecule has 1 heterocycles. The first-order chi connectivity index (χ1) is 14.3. The van der Waals surface area contributed by atoms with Crippen molar-refractivity contribution in [3.8, 4) is 5.75 Å². The largest absolute Gasteiger partial charge is 0.573 e. The van der Waals surface area contributed by atoms with Gasteiger partial charge >= 0.3 is 30.1 Å². The lowest BCUT2D eigenvalue weighted by Gasteiger charge is -2.26. The highest BCUT2D eigenvalue weighted by Crippen LogP contribution is 2.34. The highest BCUT2D eigenvalue weighted by atomic mass is 35.5. The lowest BCUT2D eigenvalue weighted by atomic mass is 10.1. The third-order valence-corrected chi connectivity index (χ3v) is 4.78. The number of hydrogen-bond donors (Lipinski definition) is 2. The Bertz CT molecular complexity index is 996. The van der Waals surface area contributed by atoms with Gasteiger partial charge in [-0.1, -0.05) is 29.8 Å². The molecule has 3 rings (SSSR count). The molecule has 0 aliphatic carbocycles. The molecule has 166 valence electrons. The Kier molecular flexibility index (Phi) is 5.80. The van der Waals surface area contributed by atoms with E-state index in [-0.39, 0.29) is 15.6 Å². The van der Waals surface area contributed by atoms with Crippen LogP contribution in [0.4, 0.5) is 36.8 Å². The summed E-state index contributed by atoms with van der Waals surface area (Å²) in [4.78, 5) is 25.2. The number of amides is 3. The molecule has 0 saturated carbocycles. The number of carbonyl (C=O) groups excluding carboxylic acids is 2. The van der Waals surface area contributed by atoms with Crippen molar-refractivity contribution in [3.63, 3.8) is 0 Å². The minimum absolute atomic E-state index is 0.171. The van der Waals surface area contributed by atoms with Crippen LogP contribution >= 0.6 is 11.6 Å². The van der Waals surface area contributed by atoms with Crippen LogP contribution in [0.15, 0.2) is 48.5 Å². The molecule has 1 aliphatic heterocycles. The Labute approximate surface area is 175 Å². The number of alkyl halides is 6. The van der Waals surface area contributed by atoms with E-state index in [1.54, 1.807) is 17.4 Å². The Hall–Kier alpha value is -2.99. The molecule has 0 aromatic heterocycles. The Morgan fingerprint density at radius 3 is 2.16 bits per heavy atom. The van der Waals surface area contributed by atoms with Crippen molar-refractivity contribution in [2.75, 3.05) is 4.90 Å². The quantitative estimate of drug-likeness (QED) is 0.522. The van der Waals surface area contributed by atoms with Gasteiger partial charge in [0, 0.05) is 10.6 Å². The van der Waals surface area contributed by atoms with Gasteiger partial charge in [-0.2, -0.15) is 13.2 Å². The number of nitrogens with zero attached hydrogens (tertiary/aromatic N) is 1. The molecule has 0 radical (unpaired) electrons. The summed E-state index contributed by atoms with van der Waals surface area (Å²) < 4.78 is 82.2. The van der Waals surface area contributed by atoms with E-state index < -0.39 is 42.4 Å². The van der Waals surface area contributed by atoms with Gasteiger partial charge in [-0.25, -0.2) is 9.69 Å². The van der Waals surface area contributed by atoms with E-state index in [1.165, 1.54) is 12.1 Å². The van der Waals surface area contributed by atoms with Crippen molar-refractivity contribution in [3.05, 3.63) is 59.1 Å². The molecule has 13 heteroatoms. The monoisotopic (exact) mass is 468 g/mol. The van der Waals surface area contributed by atoms with E-state index in [2.05, 4.69) is 4.74 Å². The fourth-order valence-corrected chi connectivity index (χ4v) is 3.16. The third-order valence-electron chi connectivity index (χ3n) is 4.41. The van der Waals surface area contributed by atoms with E-state index in [1.807, 2.05) is 0 Å². The van der Waals surface area contributed by atoms with Gasteiger partial charge in [0.1, 0.15) is 12.3 Å². The van der Waals surface area contributed by atoms with Crippen LogP contribution in [0, 0.1) is 0 Å². The number of ether oxygens (including phenoxy) is 1. The molecule has 0 unspecified atom stereocenters. The van der Waals surface area contributed by atoms with Gasteiger partial charge in [0.25, 0.3) is 0 Å². The van der Waals surface area contributed by atoms with E-state index >= 15 is 0 Å². The minimum Gasteiger partial charge on any atom is -0.406 e. The summed E-state index contributed by atoms with van der Waals surface area (Å²) in [5.41, 5.74) is -3.42. The molecule has 3 N–H and O–H groups in total. The van der Waals surface area contributed by atoms with Crippen molar-refractivity contribution in [2.45, 2.75) is 24.7 Å². The van der Waals surface area contributed by atoms with E-state index in [0.29, 0.717) is 10.9 Å². The Morgan fingerprint density at radius 1 is 1.00 bits per heavy atom. The molecule has 6 nitrogen and oxygen atoms in total. The number of halogens is 7. The lowest BCUT2D eigenvalue weighted by Crippen LogP contribution is -3.04. The van der Waals surface area contributed by atoms with Crippen molar-refractivity contribution in [2.24, 2.45) is 0 Å². The molecule has 0 spiro atoms. The zero-order chi connectivity index (χ0) is 23.0. The Balaban J connectivity index is 1.89. The normalized spacial score (nSPS) is 19.5. The SMILES string of the molecule is O=C1N[C@@]([NH2+]Cc2ccccc2Cl)(C(F)(F)F)C(=O)N1c1ccc(OC(F)(F)F)cc1. The van der Waals surface area contributed by atoms with Crippen LogP contribution in [0.1, 0.15) is 5.56 Å². The van der Waals surface area contributed by atoms with Crippen LogP contribution in [-0.2, 0) is 11.3 Å². The van der Waals surface area contributed by atoms with Crippen LogP contribution in [0.25, 0.3) is 0 Å². The molecule has 1 saturated heterocycles. The zero-order valence-corrected chi connectivity index (χ0v) is 16.0. The smallest absolute Gasteiger partial charge is 0.406 e. The van der Waals surface area contributed by atoms with Gasteiger partial charge in [-0.3, -0.25) is 10.1 Å². The minimum atomic E-state index is -5.20. The second kappa shape index (κ2) is 7.93. The first-order valence-corrected chi connectivity index (χ1v) is 8.89. The molecule has 1 aliphatic rings. The summed E-state index contributed by atoms with van der Waals surface area (Å²) in [7, 11) is 0. The number of benzene rings is 2. The van der Waals surface area contributed by atoms with Gasteiger partial charge in [0.15, 0.2) is 0 Å². The second-order valence-corrected chi connectivity index (χ2v) is 6.83. The summed E-state index contributed by atoms with van der Waals surface area (Å²) in [6.45, 7) is -0.391. The number of urea groups is 1. The molecule has 31 heavy (non-hydrogen) atoms. The van der Waals surface area contributed by atoms with Gasteiger partial charge in [-0.15, -0.1) is 13.2 Å². The lowest BCUT2D eigenvalue weighted by molar-refractivity contribution is -0.754. The van der Waals surface area contributed by atoms with Crippen LogP contribution in [0.5, 0.6) is 5.75 Å². The molecule has 2 aromatic rings. The van der Waals surface area contributed by atoms with Crippen molar-refractivity contribution in [1.29, 1.82) is 0 Å². The summed E-state index contributed by atoms with van der Waals surface area (Å²) in [6.07, 6.45) is -10.2. The highest BCUT2D eigenvalue weighted by Gasteiger charge is 2.72. The van der Waals surface area contributed by atoms with Crippen LogP contribution < -0.4 is 20.3 Å². The second-order valence-electron chi connectivity index (χ2n) is 6.42. The van der Waals surface area contributed by atoms with Crippen LogP contribution in [0.2, 0.25) is 5.02 Å². The number of nitrogens with one attached hydrogen (secondary N) is 1. The maximum Gasteiger partial charge on any atom is 0.573 e. The topological polar surface area (TPSA) is 75.2 Å². The Morgan fingerprint density at radius 2 is 1.61 bits per heavy atom. The first kappa shape index (κ1) is 22.7. The van der Waals surface area contributed by atoms with Crippen LogP contribution in [0.3, 0.4) is 0 Å². The van der Waals surface area contributed by atoms with Gasteiger partial charge in [0.05, 0.1) is 5.69 Å². The van der Waals surface area contributed by atoms with E-state index in [4.69, 9.17) is 11.6 Å². The highest BCUT2D eigenvalue weighted by molar-refractivity contribution is 6.31. The average Bonchev–Trinajstić information content (AvgIpc) is 2.91. The number of anilines is 1. The van der Waals surface area contributed by atoms with Crippen molar-refractivity contribution in [1.82, 2.24) is 5.32 Å². The summed E-state index contributed by atoms with van der Waals surface area (Å²) in [5.74, 6) is -2.32. The van der Waals surface area contributed by atoms with Gasteiger partial charge in [-0.05, 0) is 30.3 Å². The van der Waals surface area contributed by atoms with Crippen LogP contribution in [-0.4, -0.2) is 30.1 Å². The summed E-state index contributed by atoms with van der Waals surface area (Å²) in [5, 5.41) is 2.41. The molecule has 1 fully saturated rings. The molecule has 2 aromatic carbocycles. The number of imide groups is 1. The third kappa shape index (κ3) is 4.54. The van der Waals surface area contributed by atoms with Gasteiger partial charge < -0.3 is 10.1 Å². The molecule has 3 amide bonds. The number of quaternary nitrogens is 1. The molecule has 0 bridgehead atoms. The van der Waals surface area contributed by atoms with Gasteiger partial charge in [0.2, 0.25) is 0 Å². The van der Waals surface area contributed by atoms with Crippen molar-refractivity contribution >= 4 is 29.2 Å². The standard InChI is InChI=1S/C18H12ClF6N3O3/c19-13-4-2-1-3-10(13)9-26-16(17(20,21)22)14(29)28(15(30)27-16)11-5-7-12(8-6-11)31-18(23,24)25/h1-8,26H,9H2,(H,27,30)/p+1/t16-/m1/s1. The maximum absolute atomic E-state index is 13.9. The van der Waals surface area contributed by atoms with Crippen molar-refractivity contribution < 1.29 is 46.0 Å². The average molecular weight is 469 g/mol. The number of hydrogen-bond acceptors (Lipinski definition) is 3. The summed E-state index contributed by atoms with van der Waals surface area (Å²) in [6, 6.07) is 7.90. The molecule has 1 atom stereocenters. The number of carbonyl (C=O) groups is 2. The molecular weight excluding hydrogens is 456 g/mol. The number of nitrogens with two attached hydrogens (primary N) is 1. The first-order valence-electron chi connectivity index (χ1n) is 8.51. The predicted molar refractivity (Wildman–Crippen MR) is 95.0 cm³/mol. The predicted octanol–water partition coefficient (Wildman–Crippen LogP) is 3.32. The molecular formula is C18H13ClF6N3O3+. The zero-order valence-electron chi connectivity index (χ0n) is 15.2. The van der Waals surface area contributed by atoms with E-state index in [0.717, 1.165) is 24.3 Å². The van der Waals surface area contributed by atoms with E-state index in [9.17, 15) is 35.9 Å². The number of rotatable bonds is 5. The maximum atomic E-state index is 13.9. The fraction of sp³-hybridized carbons (Fsp3) is 0.222. The summed E-state index contributed by atoms with van der Waals surface area (Å²) >= 11 is 5.94.